The molecule has 1 aromatic rings. The average molecular weight is 396 g/mol. The maximum Gasteiger partial charge on any atom is 0.408 e. The lowest BCUT2D eigenvalue weighted by Crippen LogP contribution is -2.44. The first kappa shape index (κ1) is 23.2. The molecule has 9 nitrogen and oxygen atoms in total. The van der Waals surface area contributed by atoms with Gasteiger partial charge in [-0.25, -0.2) is 4.79 Å². The zero-order chi connectivity index (χ0) is 21.5. The third kappa shape index (κ3) is 9.75. The molecule has 156 valence electrons. The summed E-state index contributed by atoms with van der Waals surface area (Å²) in [5.74, 6) is -0.133. The summed E-state index contributed by atoms with van der Waals surface area (Å²) < 4.78 is 16.1. The Labute approximate surface area is 164 Å². The molecule has 0 radical (unpaired) electrons. The van der Waals surface area contributed by atoms with Gasteiger partial charge in [-0.05, 0) is 53.7 Å². The minimum absolute atomic E-state index is 0.0453. The van der Waals surface area contributed by atoms with Crippen LogP contribution in [0.15, 0.2) is 24.3 Å². The van der Waals surface area contributed by atoms with Crippen molar-refractivity contribution in [1.29, 1.82) is 0 Å². The van der Waals surface area contributed by atoms with Gasteiger partial charge in [-0.2, -0.15) is 0 Å². The molecule has 0 aliphatic heterocycles. The molecule has 0 bridgehead atoms. The van der Waals surface area contributed by atoms with Gasteiger partial charge in [0.25, 0.3) is 5.69 Å². The van der Waals surface area contributed by atoms with Crippen LogP contribution in [0, 0.1) is 10.1 Å². The van der Waals surface area contributed by atoms with Gasteiger partial charge in [-0.15, -0.1) is 0 Å². The molecular formula is C19H28N2O7. The van der Waals surface area contributed by atoms with Crippen LogP contribution < -0.4 is 10.1 Å². The fraction of sp³-hybridized carbons (Fsp3) is 0.579. The van der Waals surface area contributed by atoms with Gasteiger partial charge in [0.05, 0.1) is 17.4 Å². The number of non-ortho nitro benzene ring substituents is 1. The van der Waals surface area contributed by atoms with Crippen LogP contribution >= 0.6 is 0 Å². The summed E-state index contributed by atoms with van der Waals surface area (Å²) >= 11 is 0. The molecule has 0 heterocycles. The van der Waals surface area contributed by atoms with E-state index in [1.54, 1.807) is 41.5 Å². The van der Waals surface area contributed by atoms with E-state index in [1.807, 2.05) is 0 Å². The van der Waals surface area contributed by atoms with E-state index >= 15 is 0 Å². The molecule has 1 aromatic carbocycles. The molecule has 1 rings (SSSR count). The molecule has 0 fully saturated rings. The van der Waals surface area contributed by atoms with Crippen molar-refractivity contribution in [3.8, 4) is 5.75 Å². The standard InChI is InChI=1S/C19H28N2O7/c1-18(2,3)27-16(22)11-13(20-17(23)28-19(4,5)6)12-26-15-9-7-14(8-10-15)21(24)25/h7-10,13H,11-12H2,1-6H3,(H,20,23)/t13-/m1/s1. The molecule has 0 aromatic heterocycles. The van der Waals surface area contributed by atoms with Gasteiger partial charge in [0, 0.05) is 12.1 Å². The number of carbonyl (C=O) groups excluding carboxylic acids is 2. The Kier molecular flexibility index (Phi) is 7.78. The number of rotatable bonds is 7. The number of ether oxygens (including phenoxy) is 3. The van der Waals surface area contributed by atoms with Crippen LogP contribution in [0.4, 0.5) is 10.5 Å². The molecule has 1 atom stereocenters. The van der Waals surface area contributed by atoms with Crippen molar-refractivity contribution in [3.05, 3.63) is 34.4 Å². The second-order valence-corrected chi connectivity index (χ2v) is 8.20. The third-order valence-corrected chi connectivity index (χ3v) is 3.05. The number of carbonyl (C=O) groups is 2. The van der Waals surface area contributed by atoms with Crippen LogP contribution in [0.5, 0.6) is 5.75 Å². The van der Waals surface area contributed by atoms with Crippen molar-refractivity contribution in [3.63, 3.8) is 0 Å². The molecule has 0 saturated carbocycles. The number of nitro groups is 1. The summed E-state index contributed by atoms with van der Waals surface area (Å²) in [6, 6.07) is 4.78. The first-order valence-electron chi connectivity index (χ1n) is 8.84. The Balaban J connectivity index is 2.76. The number of nitrogens with one attached hydrogen (secondary N) is 1. The third-order valence-electron chi connectivity index (χ3n) is 3.05. The highest BCUT2D eigenvalue weighted by Gasteiger charge is 2.25. The number of hydrogen-bond acceptors (Lipinski definition) is 7. The number of hydrogen-bond donors (Lipinski definition) is 1. The lowest BCUT2D eigenvalue weighted by atomic mass is 10.1. The predicted octanol–water partition coefficient (Wildman–Crippen LogP) is 3.60. The van der Waals surface area contributed by atoms with E-state index in [-0.39, 0.29) is 18.7 Å². The van der Waals surface area contributed by atoms with Gasteiger partial charge in [0.1, 0.15) is 23.6 Å². The number of alkyl carbamates (subject to hydrolysis) is 1. The molecule has 0 saturated heterocycles. The van der Waals surface area contributed by atoms with Gasteiger partial charge in [0.15, 0.2) is 0 Å². The second kappa shape index (κ2) is 9.38. The van der Waals surface area contributed by atoms with Crippen molar-refractivity contribution in [2.24, 2.45) is 0 Å². The number of nitro benzene ring substituents is 1. The first-order valence-corrected chi connectivity index (χ1v) is 8.84. The number of nitrogens with zero attached hydrogens (tertiary/aromatic N) is 1. The molecule has 0 spiro atoms. The topological polar surface area (TPSA) is 117 Å². The van der Waals surface area contributed by atoms with E-state index in [9.17, 15) is 19.7 Å². The molecule has 0 unspecified atom stereocenters. The Morgan fingerprint density at radius 1 is 1.04 bits per heavy atom. The van der Waals surface area contributed by atoms with E-state index < -0.39 is 34.2 Å². The first-order chi connectivity index (χ1) is 12.7. The van der Waals surface area contributed by atoms with Crippen molar-refractivity contribution in [2.75, 3.05) is 6.61 Å². The molecule has 28 heavy (non-hydrogen) atoms. The van der Waals surface area contributed by atoms with Crippen LogP contribution in [0.3, 0.4) is 0 Å². The van der Waals surface area contributed by atoms with Crippen LogP contribution in [0.2, 0.25) is 0 Å². The van der Waals surface area contributed by atoms with Crippen molar-refractivity contribution in [1.82, 2.24) is 5.32 Å². The van der Waals surface area contributed by atoms with Crippen LogP contribution in [0.1, 0.15) is 48.0 Å². The van der Waals surface area contributed by atoms with E-state index in [4.69, 9.17) is 14.2 Å². The molecule has 0 aliphatic carbocycles. The highest BCUT2D eigenvalue weighted by atomic mass is 16.6. The Morgan fingerprint density at radius 3 is 2.04 bits per heavy atom. The molecule has 9 heteroatoms. The fourth-order valence-corrected chi connectivity index (χ4v) is 2.07. The summed E-state index contributed by atoms with van der Waals surface area (Å²) in [4.78, 5) is 34.4. The zero-order valence-corrected chi connectivity index (χ0v) is 17.1. The summed E-state index contributed by atoms with van der Waals surface area (Å²) in [5, 5.41) is 13.3. The van der Waals surface area contributed by atoms with Crippen molar-refractivity contribution in [2.45, 2.75) is 65.2 Å². The normalized spacial score (nSPS) is 12.6. The summed E-state index contributed by atoms with van der Waals surface area (Å²) in [6.45, 7) is 10.4. The number of amides is 1. The predicted molar refractivity (Wildman–Crippen MR) is 102 cm³/mol. The van der Waals surface area contributed by atoms with Crippen LogP contribution in [-0.4, -0.2) is 40.8 Å². The minimum atomic E-state index is -0.708. The SMILES string of the molecule is CC(C)(C)OC(=O)C[C@H](COc1ccc([N+](=O)[O-])cc1)NC(=O)OC(C)(C)C. The molecule has 0 aliphatic rings. The van der Waals surface area contributed by atoms with Gasteiger partial charge in [-0.1, -0.05) is 0 Å². The Morgan fingerprint density at radius 2 is 1.57 bits per heavy atom. The van der Waals surface area contributed by atoms with Crippen LogP contribution in [-0.2, 0) is 14.3 Å². The molecule has 1 N–H and O–H groups in total. The van der Waals surface area contributed by atoms with Crippen LogP contribution in [0.25, 0.3) is 0 Å². The van der Waals surface area contributed by atoms with Gasteiger partial charge in [0.2, 0.25) is 0 Å². The Hall–Kier alpha value is -2.84. The number of esters is 1. The van der Waals surface area contributed by atoms with E-state index in [0.717, 1.165) is 0 Å². The van der Waals surface area contributed by atoms with E-state index in [0.29, 0.717) is 5.75 Å². The highest BCUT2D eigenvalue weighted by molar-refractivity contribution is 5.73. The maximum absolute atomic E-state index is 12.1. The van der Waals surface area contributed by atoms with E-state index in [1.165, 1.54) is 24.3 Å². The summed E-state index contributed by atoms with van der Waals surface area (Å²) in [6.07, 6.45) is -0.808. The van der Waals surface area contributed by atoms with Gasteiger partial charge in [-0.3, -0.25) is 14.9 Å². The van der Waals surface area contributed by atoms with Crippen molar-refractivity contribution < 1.29 is 28.7 Å². The largest absolute Gasteiger partial charge is 0.491 e. The van der Waals surface area contributed by atoms with E-state index in [2.05, 4.69) is 5.32 Å². The smallest absolute Gasteiger partial charge is 0.408 e. The zero-order valence-electron chi connectivity index (χ0n) is 17.1. The highest BCUT2D eigenvalue weighted by Crippen LogP contribution is 2.18. The number of benzene rings is 1. The molecular weight excluding hydrogens is 368 g/mol. The summed E-state index contributed by atoms with van der Waals surface area (Å²) in [5.41, 5.74) is -1.42. The van der Waals surface area contributed by atoms with Gasteiger partial charge < -0.3 is 19.5 Å². The lowest BCUT2D eigenvalue weighted by Gasteiger charge is -2.25. The maximum atomic E-state index is 12.1. The molecule has 1 amide bonds. The quantitative estimate of drug-likeness (QED) is 0.425. The average Bonchev–Trinajstić information content (AvgIpc) is 2.49. The lowest BCUT2D eigenvalue weighted by molar-refractivity contribution is -0.384. The monoisotopic (exact) mass is 396 g/mol. The van der Waals surface area contributed by atoms with Gasteiger partial charge >= 0.3 is 12.1 Å². The minimum Gasteiger partial charge on any atom is -0.491 e. The summed E-state index contributed by atoms with van der Waals surface area (Å²) in [7, 11) is 0. The van der Waals surface area contributed by atoms with Crippen molar-refractivity contribution >= 4 is 17.7 Å². The second-order valence-electron chi connectivity index (χ2n) is 8.20. The fourth-order valence-electron chi connectivity index (χ4n) is 2.07. The Bertz CT molecular complexity index is 658.